The Morgan fingerprint density at radius 2 is 2.43 bits per heavy atom. The highest BCUT2D eigenvalue weighted by atomic mass is 32.1. The SMILES string of the molecule is C=CCC=C(C)S. The van der Waals surface area contributed by atoms with Crippen molar-refractivity contribution < 1.29 is 0 Å². The molecule has 0 rings (SSSR count). The number of thiol groups is 1. The van der Waals surface area contributed by atoms with Gasteiger partial charge in [0, 0.05) is 0 Å². The monoisotopic (exact) mass is 114 g/mol. The zero-order valence-electron chi connectivity index (χ0n) is 4.52. The molecule has 0 spiro atoms. The number of hydrogen-bond acceptors (Lipinski definition) is 1. The van der Waals surface area contributed by atoms with Crippen molar-refractivity contribution in [3.63, 3.8) is 0 Å². The summed E-state index contributed by atoms with van der Waals surface area (Å²) >= 11 is 4.05. The van der Waals surface area contributed by atoms with Gasteiger partial charge in [-0.2, -0.15) is 0 Å². The van der Waals surface area contributed by atoms with E-state index in [0.717, 1.165) is 11.3 Å². The summed E-state index contributed by atoms with van der Waals surface area (Å²) in [4.78, 5) is 1.06. The van der Waals surface area contributed by atoms with Gasteiger partial charge in [0.15, 0.2) is 0 Å². The second kappa shape index (κ2) is 4.00. The van der Waals surface area contributed by atoms with Crippen LogP contribution in [0.4, 0.5) is 0 Å². The molecule has 7 heavy (non-hydrogen) atoms. The molecule has 0 saturated heterocycles. The largest absolute Gasteiger partial charge is 0.149 e. The van der Waals surface area contributed by atoms with Crippen molar-refractivity contribution in [3.8, 4) is 0 Å². The summed E-state index contributed by atoms with van der Waals surface area (Å²) in [6.07, 6.45) is 4.78. The van der Waals surface area contributed by atoms with E-state index in [9.17, 15) is 0 Å². The summed E-state index contributed by atoms with van der Waals surface area (Å²) in [5.74, 6) is 0. The van der Waals surface area contributed by atoms with Gasteiger partial charge in [0.05, 0.1) is 0 Å². The predicted molar refractivity (Wildman–Crippen MR) is 37.6 cm³/mol. The summed E-state index contributed by atoms with van der Waals surface area (Å²) in [7, 11) is 0. The molecule has 1 heteroatoms. The van der Waals surface area contributed by atoms with Crippen molar-refractivity contribution >= 4 is 12.6 Å². The van der Waals surface area contributed by atoms with Crippen LogP contribution in [0.15, 0.2) is 23.6 Å². The van der Waals surface area contributed by atoms with Gasteiger partial charge >= 0.3 is 0 Å². The molecular formula is C6H10S. The van der Waals surface area contributed by atoms with Crippen LogP contribution in [0.5, 0.6) is 0 Å². The molecule has 0 unspecified atom stereocenters. The van der Waals surface area contributed by atoms with Gasteiger partial charge in [-0.3, -0.25) is 0 Å². The average molecular weight is 114 g/mol. The summed E-state index contributed by atoms with van der Waals surface area (Å²) < 4.78 is 0. The van der Waals surface area contributed by atoms with E-state index in [2.05, 4.69) is 19.2 Å². The number of rotatable bonds is 2. The Balaban J connectivity index is 3.25. The third kappa shape index (κ3) is 5.83. The molecule has 0 aliphatic carbocycles. The highest BCUT2D eigenvalue weighted by molar-refractivity contribution is 7.84. The molecular weight excluding hydrogens is 104 g/mol. The third-order valence-electron chi connectivity index (χ3n) is 0.580. The van der Waals surface area contributed by atoms with Crippen LogP contribution in [0.3, 0.4) is 0 Å². The Bertz CT molecular complexity index is 78.2. The van der Waals surface area contributed by atoms with Crippen LogP contribution < -0.4 is 0 Å². The normalized spacial score (nSPS) is 11.4. The van der Waals surface area contributed by atoms with Crippen LogP contribution in [0, 0.1) is 0 Å². The van der Waals surface area contributed by atoms with Crippen molar-refractivity contribution in [2.24, 2.45) is 0 Å². The van der Waals surface area contributed by atoms with E-state index in [-0.39, 0.29) is 0 Å². The van der Waals surface area contributed by atoms with Crippen molar-refractivity contribution in [3.05, 3.63) is 23.6 Å². The fraction of sp³-hybridized carbons (Fsp3) is 0.333. The van der Waals surface area contributed by atoms with Crippen molar-refractivity contribution in [1.29, 1.82) is 0 Å². The van der Waals surface area contributed by atoms with Gasteiger partial charge < -0.3 is 0 Å². The van der Waals surface area contributed by atoms with Gasteiger partial charge in [-0.25, -0.2) is 0 Å². The Hall–Kier alpha value is -0.170. The van der Waals surface area contributed by atoms with Crippen LogP contribution in [0.25, 0.3) is 0 Å². The van der Waals surface area contributed by atoms with Crippen LogP contribution in [-0.4, -0.2) is 0 Å². The van der Waals surface area contributed by atoms with Crippen molar-refractivity contribution in [2.45, 2.75) is 13.3 Å². The molecule has 0 saturated carbocycles. The lowest BCUT2D eigenvalue weighted by Gasteiger charge is -1.81. The molecule has 0 bridgehead atoms. The minimum Gasteiger partial charge on any atom is -0.149 e. The summed E-state index contributed by atoms with van der Waals surface area (Å²) in [5, 5.41) is 0. The molecule has 40 valence electrons. The smallest absolute Gasteiger partial charge is 0.0161 e. The number of allylic oxidation sites excluding steroid dienone is 3. The van der Waals surface area contributed by atoms with E-state index in [1.54, 1.807) is 0 Å². The van der Waals surface area contributed by atoms with Crippen LogP contribution >= 0.6 is 12.6 Å². The zero-order chi connectivity index (χ0) is 5.70. The molecule has 0 nitrogen and oxygen atoms in total. The van der Waals surface area contributed by atoms with Gasteiger partial charge in [0.2, 0.25) is 0 Å². The topological polar surface area (TPSA) is 0 Å². The van der Waals surface area contributed by atoms with E-state index in [1.165, 1.54) is 0 Å². The lowest BCUT2D eigenvalue weighted by molar-refractivity contribution is 1.38. The van der Waals surface area contributed by atoms with Crippen LogP contribution in [0.1, 0.15) is 13.3 Å². The fourth-order valence-electron chi connectivity index (χ4n) is 0.254. The van der Waals surface area contributed by atoms with Gasteiger partial charge in [-0.05, 0) is 18.2 Å². The lowest BCUT2D eigenvalue weighted by atomic mass is 10.4. The lowest BCUT2D eigenvalue weighted by Crippen LogP contribution is -1.56. The molecule has 0 radical (unpaired) electrons. The van der Waals surface area contributed by atoms with Crippen LogP contribution in [0.2, 0.25) is 0 Å². The first kappa shape index (κ1) is 6.83. The Morgan fingerprint density at radius 1 is 1.86 bits per heavy atom. The maximum absolute atomic E-state index is 4.05. The average Bonchev–Trinajstić information content (AvgIpc) is 1.61. The molecule has 0 aliphatic heterocycles. The quantitative estimate of drug-likeness (QED) is 0.413. The maximum atomic E-state index is 4.05. The highest BCUT2D eigenvalue weighted by Gasteiger charge is 1.70. The minimum atomic E-state index is 0.926. The predicted octanol–water partition coefficient (Wildman–Crippen LogP) is 2.40. The van der Waals surface area contributed by atoms with Crippen molar-refractivity contribution in [1.82, 2.24) is 0 Å². The van der Waals surface area contributed by atoms with Gasteiger partial charge in [-0.15, -0.1) is 19.2 Å². The van der Waals surface area contributed by atoms with E-state index >= 15 is 0 Å². The Morgan fingerprint density at radius 3 is 2.57 bits per heavy atom. The second-order valence-corrected chi connectivity index (χ2v) is 2.08. The van der Waals surface area contributed by atoms with E-state index < -0.39 is 0 Å². The summed E-state index contributed by atoms with van der Waals surface area (Å²) in [6, 6.07) is 0. The minimum absolute atomic E-state index is 0.926. The van der Waals surface area contributed by atoms with E-state index in [1.807, 2.05) is 19.1 Å². The van der Waals surface area contributed by atoms with Crippen LogP contribution in [-0.2, 0) is 0 Å². The van der Waals surface area contributed by atoms with Gasteiger partial charge in [0.1, 0.15) is 0 Å². The van der Waals surface area contributed by atoms with E-state index in [0.29, 0.717) is 0 Å². The Kier molecular flexibility index (Phi) is 3.90. The summed E-state index contributed by atoms with van der Waals surface area (Å²) in [5.41, 5.74) is 0. The molecule has 0 heterocycles. The molecule has 0 amide bonds. The third-order valence-corrected chi connectivity index (χ3v) is 0.763. The molecule has 0 fully saturated rings. The first-order chi connectivity index (χ1) is 3.27. The number of hydrogen-bond donors (Lipinski definition) is 1. The second-order valence-electron chi connectivity index (χ2n) is 1.37. The fourth-order valence-corrected chi connectivity index (χ4v) is 0.359. The molecule has 0 aromatic carbocycles. The van der Waals surface area contributed by atoms with Gasteiger partial charge in [0.25, 0.3) is 0 Å². The Labute approximate surface area is 50.3 Å². The maximum Gasteiger partial charge on any atom is -0.0161 e. The van der Waals surface area contributed by atoms with E-state index in [4.69, 9.17) is 0 Å². The summed E-state index contributed by atoms with van der Waals surface area (Å²) in [6.45, 7) is 5.51. The van der Waals surface area contributed by atoms with Crippen molar-refractivity contribution in [2.75, 3.05) is 0 Å². The molecule has 0 atom stereocenters. The molecule has 0 aliphatic rings. The molecule has 0 aromatic rings. The highest BCUT2D eigenvalue weighted by Crippen LogP contribution is 1.98. The standard InChI is InChI=1S/C6H10S/c1-3-4-5-6(2)7/h3,5,7H,1,4H2,2H3. The zero-order valence-corrected chi connectivity index (χ0v) is 5.41. The first-order valence-electron chi connectivity index (χ1n) is 2.24. The molecule has 0 N–H and O–H groups in total. The molecule has 0 aromatic heterocycles. The first-order valence-corrected chi connectivity index (χ1v) is 2.68. The van der Waals surface area contributed by atoms with Gasteiger partial charge in [-0.1, -0.05) is 12.2 Å².